The van der Waals surface area contributed by atoms with Crippen molar-refractivity contribution in [3.63, 3.8) is 0 Å². The number of aliphatic hydroxyl groups is 4. The summed E-state index contributed by atoms with van der Waals surface area (Å²) in [5, 5.41) is 76.4. The van der Waals surface area contributed by atoms with Gasteiger partial charge in [0, 0.05) is 144 Å². The third kappa shape index (κ3) is 29.7. The van der Waals surface area contributed by atoms with E-state index in [0.29, 0.717) is 56.9 Å². The quantitative estimate of drug-likeness (QED) is 0.0118. The molecule has 20 atom stereocenters. The topological polar surface area (TPSA) is 508 Å². The van der Waals surface area contributed by atoms with Crippen LogP contribution in [0.4, 0.5) is 0 Å². The predicted molar refractivity (Wildman–Crippen MR) is 414 cm³/mol. The SMILES string of the molecule is CCOC(OCC)c1ccc(C=O)cc1.CCOC(OCC)c1ccc(CNCCNC(=O)C2OC(COC)C(O)C(OC)C2COCC2OC(C(=O)OC)C(COC)C(OC(C)=O)C2O)cc1O.COCC1OC(C(=O)NCCNC(=O)c2cccc(C=O)c2O)C(COCC2OC(C(=O)OC)C(COC)C(OC(C)=O)C2O)C(OC)C1O. The van der Waals surface area contributed by atoms with Gasteiger partial charge < -0.3 is 147 Å². The molecule has 119 heavy (non-hydrogen) atoms. The number of phenolic OH excluding ortho intramolecular Hbond substituents is 2. The maximum atomic E-state index is 13.6. The highest BCUT2D eigenvalue weighted by atomic mass is 16.7. The van der Waals surface area contributed by atoms with E-state index in [2.05, 4.69) is 21.3 Å². The van der Waals surface area contributed by atoms with Gasteiger partial charge in [0.05, 0.1) is 102 Å². The fourth-order valence-corrected chi connectivity index (χ4v) is 13.9. The molecule has 3 amide bonds. The Bertz CT molecular complexity index is 3550. The van der Waals surface area contributed by atoms with Gasteiger partial charge in [0.1, 0.15) is 91.0 Å². The molecule has 7 rings (SSSR count). The highest BCUT2D eigenvalue weighted by Gasteiger charge is 2.54. The standard InChI is InChI=1S/C36H58N2O16.C32H46N2O16.C12H16O3/c1-8-50-36(51-9-2)22-11-10-21(14-25(22)40)15-37-12-13-38-34(43)32-24(30(47-6)28(41)26(53-32)18-46-5)17-49-19-27-29(42)31(52-20(3)39)23(16-45-4)33(54-27)35(44)48-7;1-16(36)48-27-19(12-43-2)29(32(42)46-5)50-22(25(27)39)15-47-13-20-26(45-4)24(38)21(14-44-3)49-28(20)31(41)34-10-9-33-30(40)18-8-6-7-17(11-35)23(18)37;1-3-14-12(15-4-2)11-7-5-10(9-13)6-8-11/h10-11,14,23-24,26-33,36-37,40-42H,8-9,12-13,15-19H2,1-7H3,(H,38,43);6-8,11,19-22,24-29,37-39H,9-10,12-15H2,1-5H3,(H,33,40)(H,34,41);5-9,12H,3-4H2,1-2H3. The van der Waals surface area contributed by atoms with E-state index >= 15 is 0 Å². The van der Waals surface area contributed by atoms with E-state index < -0.39 is 175 Å². The second kappa shape index (κ2) is 53.7. The van der Waals surface area contributed by atoms with Crippen molar-refractivity contribution in [3.8, 4) is 11.5 Å². The van der Waals surface area contributed by atoms with Crippen molar-refractivity contribution in [1.29, 1.82) is 0 Å². The van der Waals surface area contributed by atoms with Gasteiger partial charge in [0.2, 0.25) is 11.8 Å². The maximum Gasteiger partial charge on any atom is 0.335 e. The first-order valence-electron chi connectivity index (χ1n) is 38.9. The number of ether oxygens (including phenoxy) is 20. The number of carbonyl (C=O) groups excluding carboxylic acids is 9. The van der Waals surface area contributed by atoms with Crippen molar-refractivity contribution >= 4 is 54.2 Å². The Morgan fingerprint density at radius 1 is 0.462 bits per heavy atom. The molecule has 3 aromatic carbocycles. The number of aliphatic hydroxyl groups excluding tert-OH is 4. The zero-order valence-electron chi connectivity index (χ0n) is 69.7. The third-order valence-corrected chi connectivity index (χ3v) is 19.5. The Hall–Kier alpha value is -7.95. The molecule has 4 saturated heterocycles. The van der Waals surface area contributed by atoms with Crippen LogP contribution in [0.15, 0.2) is 60.7 Å². The number of rotatable bonds is 45. The van der Waals surface area contributed by atoms with Crippen LogP contribution in [0, 0.1) is 23.7 Å². The number of hydrogen-bond donors (Lipinski definition) is 10. The summed E-state index contributed by atoms with van der Waals surface area (Å²) in [7, 11) is 10.7. The molecule has 0 bridgehead atoms. The first-order valence-corrected chi connectivity index (χ1v) is 38.9. The lowest BCUT2D eigenvalue weighted by Crippen LogP contribution is -2.62. The Labute approximate surface area is 691 Å². The van der Waals surface area contributed by atoms with Gasteiger partial charge in [-0.1, -0.05) is 36.4 Å². The largest absolute Gasteiger partial charge is 0.507 e. The molecule has 3 aromatic rings. The van der Waals surface area contributed by atoms with Gasteiger partial charge in [-0.15, -0.1) is 0 Å². The van der Waals surface area contributed by atoms with Crippen LogP contribution in [0.25, 0.3) is 0 Å². The van der Waals surface area contributed by atoms with Crippen molar-refractivity contribution in [3.05, 3.63) is 94.0 Å². The minimum atomic E-state index is -1.45. The molecule has 0 spiro atoms. The Morgan fingerprint density at radius 3 is 1.28 bits per heavy atom. The van der Waals surface area contributed by atoms with Crippen molar-refractivity contribution in [2.24, 2.45) is 23.7 Å². The molecule has 39 heteroatoms. The highest BCUT2D eigenvalue weighted by molar-refractivity contribution is 5.99. The molecule has 4 heterocycles. The summed E-state index contributed by atoms with van der Waals surface area (Å²) in [6.07, 6.45) is -18.5. The number of methoxy groups -OCH3 is 8. The normalized spacial score (nSPS) is 26.6. The summed E-state index contributed by atoms with van der Waals surface area (Å²) in [5.74, 6) is -8.69. The average molecular weight is 1700 g/mol. The predicted octanol–water partition coefficient (Wildman–Crippen LogP) is 0.127. The monoisotopic (exact) mass is 1700 g/mol. The van der Waals surface area contributed by atoms with Crippen LogP contribution < -0.4 is 21.3 Å². The molecule has 4 fully saturated rings. The number of nitrogens with one attached hydrogen (secondary N) is 4. The zero-order valence-corrected chi connectivity index (χ0v) is 69.7. The van der Waals surface area contributed by atoms with Crippen molar-refractivity contribution in [1.82, 2.24) is 21.3 Å². The van der Waals surface area contributed by atoms with Crippen LogP contribution in [0.3, 0.4) is 0 Å². The number of esters is 4. The van der Waals surface area contributed by atoms with Crippen LogP contribution in [0.2, 0.25) is 0 Å². The minimum Gasteiger partial charge on any atom is -0.507 e. The van der Waals surface area contributed by atoms with Gasteiger partial charge >= 0.3 is 23.9 Å². The lowest BCUT2D eigenvalue weighted by molar-refractivity contribution is -0.243. The number of carbonyl (C=O) groups is 9. The number of amides is 3. The van der Waals surface area contributed by atoms with E-state index in [4.69, 9.17) is 94.7 Å². The van der Waals surface area contributed by atoms with E-state index in [1.54, 1.807) is 24.3 Å². The Balaban J connectivity index is 0.000000361. The van der Waals surface area contributed by atoms with E-state index in [1.165, 1.54) is 74.9 Å². The van der Waals surface area contributed by atoms with Gasteiger partial charge in [-0.05, 0) is 57.5 Å². The number of aldehydes is 2. The molecule has 39 nitrogen and oxygen atoms in total. The molecule has 0 aliphatic carbocycles. The molecule has 4 aliphatic rings. The fourth-order valence-electron chi connectivity index (χ4n) is 13.9. The Morgan fingerprint density at radius 2 is 0.874 bits per heavy atom. The van der Waals surface area contributed by atoms with Crippen LogP contribution >= 0.6 is 0 Å². The summed E-state index contributed by atoms with van der Waals surface area (Å²) >= 11 is 0. The highest BCUT2D eigenvalue weighted by Crippen LogP contribution is 2.36. The first-order chi connectivity index (χ1) is 57.2. The van der Waals surface area contributed by atoms with Gasteiger partial charge in [-0.2, -0.15) is 0 Å². The van der Waals surface area contributed by atoms with Crippen LogP contribution in [0.1, 0.15) is 102 Å². The molecule has 4 aliphatic heterocycles. The second-order valence-corrected chi connectivity index (χ2v) is 27.5. The molecule has 0 saturated carbocycles. The zero-order chi connectivity index (χ0) is 87.8. The molecular weight excluding hydrogens is 1580 g/mol. The molecule has 20 unspecified atom stereocenters. The number of aromatic hydroxyl groups is 2. The third-order valence-electron chi connectivity index (χ3n) is 19.5. The minimum absolute atomic E-state index is 0.0152. The summed E-state index contributed by atoms with van der Waals surface area (Å²) in [6.45, 7) is 11.3. The molecule has 0 radical (unpaired) electrons. The van der Waals surface area contributed by atoms with Crippen LogP contribution in [-0.2, 0) is 130 Å². The smallest absolute Gasteiger partial charge is 0.335 e. The van der Waals surface area contributed by atoms with E-state index in [1.807, 2.05) is 45.9 Å². The average Bonchev–Trinajstić information content (AvgIpc) is 0.795. The molecular formula is C80H120N4O35. The van der Waals surface area contributed by atoms with E-state index in [-0.39, 0.29) is 95.7 Å². The Kier molecular flexibility index (Phi) is 45.9. The van der Waals surface area contributed by atoms with Gasteiger partial charge in [0.15, 0.2) is 31.1 Å². The van der Waals surface area contributed by atoms with Gasteiger partial charge in [0.25, 0.3) is 5.91 Å². The van der Waals surface area contributed by atoms with Crippen molar-refractivity contribution in [2.45, 2.75) is 158 Å². The van der Waals surface area contributed by atoms with Gasteiger partial charge in [-0.25, -0.2) is 9.59 Å². The summed E-state index contributed by atoms with van der Waals surface area (Å²) < 4.78 is 110. The van der Waals surface area contributed by atoms with Crippen molar-refractivity contribution in [2.75, 3.05) is 162 Å². The van der Waals surface area contributed by atoms with Crippen LogP contribution in [0.5, 0.6) is 11.5 Å². The summed E-state index contributed by atoms with van der Waals surface area (Å²) in [5.41, 5.74) is 2.75. The summed E-state index contributed by atoms with van der Waals surface area (Å²) in [4.78, 5) is 110. The number of benzene rings is 3. The maximum absolute atomic E-state index is 13.6. The van der Waals surface area contributed by atoms with Crippen molar-refractivity contribution < 1.29 is 169 Å². The number of hydrogen-bond acceptors (Lipinski definition) is 36. The first kappa shape index (κ1) is 102. The lowest BCUT2D eigenvalue weighted by Gasteiger charge is -2.44. The van der Waals surface area contributed by atoms with E-state index in [0.717, 1.165) is 31.4 Å². The lowest BCUT2D eigenvalue weighted by atomic mass is 9.86. The molecule has 0 aromatic heterocycles. The molecule has 10 N–H and O–H groups in total. The number of para-hydroxylation sites is 1. The van der Waals surface area contributed by atoms with E-state index in [9.17, 15) is 73.8 Å². The summed E-state index contributed by atoms with van der Waals surface area (Å²) in [6, 6.07) is 16.6. The fraction of sp³-hybridized carbons (Fsp3) is 0.662. The van der Waals surface area contributed by atoms with Crippen LogP contribution in [-0.4, -0.2) is 345 Å². The van der Waals surface area contributed by atoms with Gasteiger partial charge in [-0.3, -0.25) is 33.6 Å². The molecule has 670 valence electrons. The number of phenols is 2. The second-order valence-electron chi connectivity index (χ2n) is 27.5.